The molecule has 0 aromatic heterocycles. The lowest BCUT2D eigenvalue weighted by molar-refractivity contribution is -0.384. The van der Waals surface area contributed by atoms with E-state index in [4.69, 9.17) is 33.9 Å². The maximum absolute atomic E-state index is 12.3. The number of hydrogen-bond donors (Lipinski definition) is 0. The standard InChI is InChI=1S/C28H30N2O12/c1-15(31)37-14-24-25(38-16(2)32)26(39-17(3)33)27(40-18(4)34)28(42-24)41-22-7-5-6-20(13-22)29-11-10-19-12-21(30(35)36)8-9-23(19)29/h5-9,12-13,24-28H,10-11,14H2,1-4H3/t24-,25-,26+,27+,28?/m1/s1/i1D,2D,3D,4D. The van der Waals surface area contributed by atoms with E-state index in [0.717, 1.165) is 11.3 Å². The summed E-state index contributed by atoms with van der Waals surface area (Å²) >= 11 is 0. The highest BCUT2D eigenvalue weighted by Crippen LogP contribution is 2.38. The summed E-state index contributed by atoms with van der Waals surface area (Å²) in [5, 5.41) is 11.2. The maximum atomic E-state index is 12.3. The molecular weight excluding hydrogens is 556 g/mol. The van der Waals surface area contributed by atoms with Gasteiger partial charge >= 0.3 is 23.9 Å². The van der Waals surface area contributed by atoms with Gasteiger partial charge in [-0.3, -0.25) is 29.3 Å². The molecule has 2 aromatic carbocycles. The third kappa shape index (κ3) is 7.13. The number of carbonyl (C=O) groups excluding carboxylic acids is 4. The molecule has 14 heteroatoms. The summed E-state index contributed by atoms with van der Waals surface area (Å²) in [4.78, 5) is 61.3. The number of anilines is 2. The van der Waals surface area contributed by atoms with Gasteiger partial charge in [0.1, 0.15) is 18.5 Å². The average molecular weight is 591 g/mol. The lowest BCUT2D eigenvalue weighted by atomic mass is 9.98. The highest BCUT2D eigenvalue weighted by atomic mass is 16.7. The van der Waals surface area contributed by atoms with E-state index in [9.17, 15) is 29.3 Å². The van der Waals surface area contributed by atoms with Crippen LogP contribution >= 0.6 is 0 Å². The first-order valence-corrected chi connectivity index (χ1v) is 12.5. The average Bonchev–Trinajstić information content (AvgIpc) is 3.49. The number of ether oxygens (including phenoxy) is 6. The van der Waals surface area contributed by atoms with Gasteiger partial charge in [0.05, 0.1) is 4.92 Å². The summed E-state index contributed by atoms with van der Waals surface area (Å²) in [6, 6.07) is 11.1. The molecule has 0 aliphatic carbocycles. The largest absolute Gasteiger partial charge is 0.463 e. The van der Waals surface area contributed by atoms with Crippen molar-refractivity contribution >= 4 is 40.9 Å². The van der Waals surface area contributed by atoms with Crippen molar-refractivity contribution in [1.82, 2.24) is 0 Å². The van der Waals surface area contributed by atoms with E-state index >= 15 is 0 Å². The first-order chi connectivity index (χ1) is 22.1. The third-order valence-electron chi connectivity index (χ3n) is 6.35. The molecule has 2 aliphatic rings. The molecule has 0 radical (unpaired) electrons. The van der Waals surface area contributed by atoms with E-state index in [1.54, 1.807) is 24.3 Å². The molecule has 1 saturated heterocycles. The fourth-order valence-electron chi connectivity index (χ4n) is 4.77. The number of hydrogen-bond acceptors (Lipinski definition) is 13. The summed E-state index contributed by atoms with van der Waals surface area (Å²) < 4.78 is 62.5. The molecule has 0 amide bonds. The Morgan fingerprint density at radius 3 is 2.33 bits per heavy atom. The van der Waals surface area contributed by atoms with Crippen molar-refractivity contribution < 1.29 is 58.0 Å². The Kier molecular flexibility index (Phi) is 7.66. The van der Waals surface area contributed by atoms with Crippen LogP contribution in [0.5, 0.6) is 5.75 Å². The number of rotatable bonds is 9. The van der Waals surface area contributed by atoms with Gasteiger partial charge in [0.25, 0.3) is 5.69 Å². The van der Waals surface area contributed by atoms with Crippen LogP contribution in [0, 0.1) is 10.1 Å². The molecule has 224 valence electrons. The van der Waals surface area contributed by atoms with Gasteiger partial charge in [-0.05, 0) is 30.2 Å². The van der Waals surface area contributed by atoms with Crippen LogP contribution in [0.1, 0.15) is 38.6 Å². The third-order valence-corrected chi connectivity index (χ3v) is 6.35. The predicted octanol–water partition coefficient (Wildman–Crippen LogP) is 2.75. The molecule has 4 rings (SSSR count). The van der Waals surface area contributed by atoms with E-state index in [0.29, 0.717) is 18.7 Å². The highest BCUT2D eigenvalue weighted by molar-refractivity contribution is 5.72. The first-order valence-electron chi connectivity index (χ1n) is 15.3. The second kappa shape index (κ2) is 12.9. The van der Waals surface area contributed by atoms with Crippen molar-refractivity contribution in [3.8, 4) is 5.75 Å². The highest BCUT2D eigenvalue weighted by Gasteiger charge is 2.53. The Balaban J connectivity index is 1.69. The number of nitro benzene ring substituents is 1. The molecule has 1 unspecified atom stereocenters. The zero-order valence-electron chi connectivity index (χ0n) is 26.2. The number of non-ortho nitro benzene ring substituents is 1. The summed E-state index contributed by atoms with van der Waals surface area (Å²) in [5.74, 6) is -4.10. The number of nitro groups is 1. The van der Waals surface area contributed by atoms with Crippen LogP contribution in [0.3, 0.4) is 0 Å². The number of fused-ring (bicyclic) bond motifs is 1. The van der Waals surface area contributed by atoms with Gasteiger partial charge in [-0.25, -0.2) is 0 Å². The van der Waals surface area contributed by atoms with Crippen molar-refractivity contribution in [2.45, 2.75) is 64.7 Å². The number of carbonyl (C=O) groups is 4. The second-order valence-electron chi connectivity index (χ2n) is 9.18. The molecular formula is C28H30N2O12. The molecule has 2 heterocycles. The molecule has 0 N–H and O–H groups in total. The predicted molar refractivity (Wildman–Crippen MR) is 143 cm³/mol. The summed E-state index contributed by atoms with van der Waals surface area (Å²) in [7, 11) is 0. The Morgan fingerprint density at radius 1 is 0.952 bits per heavy atom. The van der Waals surface area contributed by atoms with Crippen LogP contribution in [0.25, 0.3) is 0 Å². The molecule has 5 atom stereocenters. The van der Waals surface area contributed by atoms with Crippen LogP contribution in [-0.4, -0.2) is 72.7 Å². The number of benzene rings is 2. The summed E-state index contributed by atoms with van der Waals surface area (Å²) in [5.41, 5.74) is 2.12. The lowest BCUT2D eigenvalue weighted by Crippen LogP contribution is -2.63. The van der Waals surface area contributed by atoms with Gasteiger partial charge in [-0.15, -0.1) is 0 Å². The van der Waals surface area contributed by atoms with Crippen molar-refractivity contribution in [3.05, 3.63) is 58.1 Å². The van der Waals surface area contributed by atoms with E-state index in [2.05, 4.69) is 0 Å². The number of nitrogens with zero attached hydrogens (tertiary/aromatic N) is 2. The Morgan fingerprint density at radius 2 is 1.64 bits per heavy atom. The van der Waals surface area contributed by atoms with Gasteiger partial charge in [0.2, 0.25) is 12.4 Å². The van der Waals surface area contributed by atoms with E-state index in [1.807, 2.05) is 4.90 Å². The van der Waals surface area contributed by atoms with Gasteiger partial charge in [0.15, 0.2) is 12.2 Å². The Bertz CT molecular complexity index is 1460. The zero-order valence-corrected chi connectivity index (χ0v) is 22.2. The van der Waals surface area contributed by atoms with Gasteiger partial charge in [-0.2, -0.15) is 0 Å². The molecule has 0 saturated carbocycles. The van der Waals surface area contributed by atoms with Crippen molar-refractivity contribution in [1.29, 1.82) is 0 Å². The topological polar surface area (TPSA) is 170 Å². The molecule has 2 aromatic rings. The van der Waals surface area contributed by atoms with E-state index < -0.39 is 93.7 Å². The van der Waals surface area contributed by atoms with Crippen molar-refractivity contribution in [2.24, 2.45) is 0 Å². The van der Waals surface area contributed by atoms with Crippen LogP contribution in [0.2, 0.25) is 0 Å². The quantitative estimate of drug-likeness (QED) is 0.181. The fraction of sp³-hybridized carbons (Fsp3) is 0.429. The normalized spacial score (nSPS) is 24.1. The van der Waals surface area contributed by atoms with Crippen LogP contribution < -0.4 is 9.64 Å². The second-order valence-corrected chi connectivity index (χ2v) is 9.18. The Hall–Kier alpha value is -4.72. The Labute approximate surface area is 246 Å². The van der Waals surface area contributed by atoms with Gasteiger partial charge < -0.3 is 33.3 Å². The number of esters is 4. The van der Waals surface area contributed by atoms with Crippen LogP contribution in [0.15, 0.2) is 42.5 Å². The van der Waals surface area contributed by atoms with Crippen molar-refractivity contribution in [3.63, 3.8) is 0 Å². The van der Waals surface area contributed by atoms with Crippen molar-refractivity contribution in [2.75, 3.05) is 18.1 Å². The SMILES string of the molecule is [2H]CC(=O)OC[C@H]1OC(Oc2cccc(N3CCc4cc([N+](=O)[O-])ccc43)c2)[C@@H](OC(=O)C[2H])[C@@H](OC(=O)C[2H])[C@@H]1OC(=O)C[2H]. The molecule has 1 fully saturated rings. The minimum absolute atomic E-state index is 0.0317. The first kappa shape index (κ1) is 25.0. The maximum Gasteiger partial charge on any atom is 0.303 e. The smallest absolute Gasteiger partial charge is 0.303 e. The van der Waals surface area contributed by atoms with Gasteiger partial charge in [-0.1, -0.05) is 6.07 Å². The summed E-state index contributed by atoms with van der Waals surface area (Å²) in [6.45, 7) is -3.45. The van der Waals surface area contributed by atoms with E-state index in [-0.39, 0.29) is 11.4 Å². The fourth-order valence-corrected chi connectivity index (χ4v) is 4.77. The van der Waals surface area contributed by atoms with Crippen LogP contribution in [-0.2, 0) is 49.3 Å². The molecule has 0 spiro atoms. The van der Waals surface area contributed by atoms with Crippen LogP contribution in [0.4, 0.5) is 17.1 Å². The van der Waals surface area contributed by atoms with Gasteiger partial charge in [0, 0.05) is 69.2 Å². The minimum Gasteiger partial charge on any atom is -0.463 e. The van der Waals surface area contributed by atoms with E-state index in [1.165, 1.54) is 18.2 Å². The molecule has 2 aliphatic heterocycles. The minimum atomic E-state index is -1.69. The monoisotopic (exact) mass is 590 g/mol. The lowest BCUT2D eigenvalue weighted by Gasteiger charge is -2.43. The molecule has 42 heavy (non-hydrogen) atoms. The molecule has 0 bridgehead atoms. The molecule has 14 nitrogen and oxygen atoms in total. The zero-order chi connectivity index (χ0) is 33.4. The summed E-state index contributed by atoms with van der Waals surface area (Å²) in [6.07, 6.45) is -7.47.